The molecular formula is C21H23N5O2. The number of hydrogen-bond acceptors (Lipinski definition) is 5. The number of rotatable bonds is 4. The van der Waals surface area contributed by atoms with Gasteiger partial charge in [0.2, 0.25) is 0 Å². The van der Waals surface area contributed by atoms with Gasteiger partial charge in [0, 0.05) is 12.1 Å². The summed E-state index contributed by atoms with van der Waals surface area (Å²) >= 11 is 0. The molecule has 28 heavy (non-hydrogen) atoms. The van der Waals surface area contributed by atoms with E-state index in [1.807, 2.05) is 25.1 Å². The maximum Gasteiger partial charge on any atom is 0.335 e. The summed E-state index contributed by atoms with van der Waals surface area (Å²) in [5.74, 6) is -0.0804. The summed E-state index contributed by atoms with van der Waals surface area (Å²) in [4.78, 5) is 11.3. The lowest BCUT2D eigenvalue weighted by atomic mass is 9.72. The van der Waals surface area contributed by atoms with E-state index in [-0.39, 0.29) is 11.5 Å². The molecule has 144 valence electrons. The molecule has 2 aromatic carbocycles. The lowest BCUT2D eigenvalue weighted by Gasteiger charge is -2.41. The van der Waals surface area contributed by atoms with E-state index in [0.29, 0.717) is 5.56 Å². The summed E-state index contributed by atoms with van der Waals surface area (Å²) in [6.45, 7) is 6.42. The van der Waals surface area contributed by atoms with Crippen LogP contribution in [0.1, 0.15) is 54.1 Å². The van der Waals surface area contributed by atoms with Crippen molar-refractivity contribution in [3.63, 3.8) is 0 Å². The van der Waals surface area contributed by atoms with Crippen LogP contribution in [0, 0.1) is 5.41 Å². The Bertz CT molecular complexity index is 1040. The predicted octanol–water partition coefficient (Wildman–Crippen LogP) is 3.66. The summed E-state index contributed by atoms with van der Waals surface area (Å²) in [5, 5.41) is 24.9. The fraction of sp³-hybridized carbons (Fsp3) is 0.333. The maximum atomic E-state index is 11.3. The minimum atomic E-state index is -0.899. The number of fused-ring (bicyclic) bond motifs is 1. The molecule has 7 heteroatoms. The Morgan fingerprint density at radius 2 is 2.11 bits per heavy atom. The van der Waals surface area contributed by atoms with Crippen LogP contribution in [-0.4, -0.2) is 31.3 Å². The Kier molecular flexibility index (Phi) is 4.37. The molecule has 7 nitrogen and oxygen atoms in total. The van der Waals surface area contributed by atoms with E-state index in [2.05, 4.69) is 46.8 Å². The number of benzene rings is 2. The van der Waals surface area contributed by atoms with Crippen molar-refractivity contribution in [3.05, 3.63) is 65.0 Å². The van der Waals surface area contributed by atoms with Crippen LogP contribution in [-0.2, 0) is 12.8 Å². The molecule has 0 saturated carbocycles. The SMILES string of the molecule is CCc1nnnn1-c1cccc(C2Nc3ccc(C(=O)O)cc3CC2(C)C)c1. The highest BCUT2D eigenvalue weighted by molar-refractivity contribution is 5.88. The molecule has 1 aliphatic rings. The number of nitrogens with zero attached hydrogens (tertiary/aromatic N) is 4. The van der Waals surface area contributed by atoms with Gasteiger partial charge in [-0.15, -0.1) is 5.10 Å². The van der Waals surface area contributed by atoms with Crippen LogP contribution in [0.4, 0.5) is 5.69 Å². The topological polar surface area (TPSA) is 92.9 Å². The van der Waals surface area contributed by atoms with Crippen LogP contribution in [0.15, 0.2) is 42.5 Å². The van der Waals surface area contributed by atoms with Crippen molar-refractivity contribution in [1.29, 1.82) is 0 Å². The van der Waals surface area contributed by atoms with Gasteiger partial charge in [-0.1, -0.05) is 32.9 Å². The van der Waals surface area contributed by atoms with Crippen LogP contribution in [0.25, 0.3) is 5.69 Å². The maximum absolute atomic E-state index is 11.3. The molecule has 1 unspecified atom stereocenters. The van der Waals surface area contributed by atoms with Gasteiger partial charge in [0.1, 0.15) is 0 Å². The van der Waals surface area contributed by atoms with E-state index in [4.69, 9.17) is 0 Å². The Hall–Kier alpha value is -3.22. The summed E-state index contributed by atoms with van der Waals surface area (Å²) < 4.78 is 1.77. The van der Waals surface area contributed by atoms with Crippen LogP contribution in [0.3, 0.4) is 0 Å². The number of aromatic nitrogens is 4. The van der Waals surface area contributed by atoms with Crippen molar-refractivity contribution in [2.45, 2.75) is 39.7 Å². The second-order valence-corrected chi connectivity index (χ2v) is 7.88. The van der Waals surface area contributed by atoms with Gasteiger partial charge < -0.3 is 10.4 Å². The largest absolute Gasteiger partial charge is 0.478 e. The van der Waals surface area contributed by atoms with Gasteiger partial charge in [0.25, 0.3) is 0 Å². The van der Waals surface area contributed by atoms with Crippen molar-refractivity contribution in [1.82, 2.24) is 20.2 Å². The first-order valence-corrected chi connectivity index (χ1v) is 9.39. The molecule has 0 fully saturated rings. The number of carbonyl (C=O) groups is 1. The zero-order chi connectivity index (χ0) is 19.9. The molecule has 0 spiro atoms. The minimum absolute atomic E-state index is 0.0807. The van der Waals surface area contributed by atoms with Crippen molar-refractivity contribution < 1.29 is 9.90 Å². The molecule has 0 saturated heterocycles. The van der Waals surface area contributed by atoms with Gasteiger partial charge in [-0.3, -0.25) is 0 Å². The van der Waals surface area contributed by atoms with Crippen molar-refractivity contribution in [2.75, 3.05) is 5.32 Å². The van der Waals surface area contributed by atoms with Gasteiger partial charge in [-0.05, 0) is 63.7 Å². The zero-order valence-corrected chi connectivity index (χ0v) is 16.2. The molecule has 3 aromatic rings. The molecule has 0 aliphatic carbocycles. The van der Waals surface area contributed by atoms with Crippen molar-refractivity contribution in [3.8, 4) is 5.69 Å². The molecule has 4 rings (SSSR count). The number of aryl methyl sites for hydroxylation is 1. The van der Waals surface area contributed by atoms with Gasteiger partial charge in [0.05, 0.1) is 17.3 Å². The highest BCUT2D eigenvalue weighted by Crippen LogP contribution is 2.45. The molecule has 1 atom stereocenters. The number of aromatic carboxylic acids is 1. The van der Waals surface area contributed by atoms with E-state index < -0.39 is 5.97 Å². The predicted molar refractivity (Wildman–Crippen MR) is 106 cm³/mol. The molecule has 1 aliphatic heterocycles. The summed E-state index contributed by atoms with van der Waals surface area (Å²) in [6, 6.07) is 13.6. The lowest BCUT2D eigenvalue weighted by molar-refractivity contribution is 0.0696. The Morgan fingerprint density at radius 3 is 2.86 bits per heavy atom. The fourth-order valence-electron chi connectivity index (χ4n) is 3.95. The van der Waals surface area contributed by atoms with Crippen LogP contribution >= 0.6 is 0 Å². The van der Waals surface area contributed by atoms with Crippen molar-refractivity contribution in [2.24, 2.45) is 5.41 Å². The third-order valence-electron chi connectivity index (χ3n) is 5.38. The standard InChI is InChI=1S/C21H23N5O2/c1-4-18-23-24-25-26(18)16-7-5-6-13(11-16)19-21(2,3)12-15-10-14(20(27)28)8-9-17(15)22-19/h5-11,19,22H,4,12H2,1-3H3,(H,27,28). The van der Waals surface area contributed by atoms with Crippen LogP contribution < -0.4 is 5.32 Å². The normalized spacial score (nSPS) is 17.6. The first-order valence-electron chi connectivity index (χ1n) is 9.39. The molecule has 0 amide bonds. The van der Waals surface area contributed by atoms with Gasteiger partial charge in [-0.2, -0.15) is 4.68 Å². The third-order valence-corrected chi connectivity index (χ3v) is 5.38. The van der Waals surface area contributed by atoms with Gasteiger partial charge >= 0.3 is 5.97 Å². The average molecular weight is 377 g/mol. The summed E-state index contributed by atoms with van der Waals surface area (Å²) in [6.07, 6.45) is 1.54. The highest BCUT2D eigenvalue weighted by atomic mass is 16.4. The van der Waals surface area contributed by atoms with E-state index in [0.717, 1.165) is 41.2 Å². The highest BCUT2D eigenvalue weighted by Gasteiger charge is 2.36. The van der Waals surface area contributed by atoms with Crippen LogP contribution in [0.5, 0.6) is 0 Å². The Labute approximate surface area is 163 Å². The number of carboxylic acid groups (broad SMARTS) is 1. The van der Waals surface area contributed by atoms with Crippen LogP contribution in [0.2, 0.25) is 0 Å². The summed E-state index contributed by atoms with van der Waals surface area (Å²) in [5.41, 5.74) is 4.32. The number of carboxylic acids is 1. The quantitative estimate of drug-likeness (QED) is 0.721. The van der Waals surface area contributed by atoms with Crippen molar-refractivity contribution >= 4 is 11.7 Å². The number of nitrogens with one attached hydrogen (secondary N) is 1. The number of anilines is 1. The summed E-state index contributed by atoms with van der Waals surface area (Å²) in [7, 11) is 0. The van der Waals surface area contributed by atoms with E-state index in [9.17, 15) is 9.90 Å². The molecule has 0 bridgehead atoms. The average Bonchev–Trinajstić information content (AvgIpc) is 3.15. The van der Waals surface area contributed by atoms with Gasteiger partial charge in [-0.25, -0.2) is 4.79 Å². The minimum Gasteiger partial charge on any atom is -0.478 e. The molecule has 2 N–H and O–H groups in total. The second kappa shape index (κ2) is 6.74. The molecule has 2 heterocycles. The first kappa shape index (κ1) is 18.2. The monoisotopic (exact) mass is 377 g/mol. The first-order chi connectivity index (χ1) is 13.4. The number of tetrazole rings is 1. The van der Waals surface area contributed by atoms with E-state index in [1.54, 1.807) is 16.8 Å². The Morgan fingerprint density at radius 1 is 1.29 bits per heavy atom. The molecular weight excluding hydrogens is 354 g/mol. The molecule has 0 radical (unpaired) electrons. The fourth-order valence-corrected chi connectivity index (χ4v) is 3.95. The zero-order valence-electron chi connectivity index (χ0n) is 16.2. The smallest absolute Gasteiger partial charge is 0.335 e. The number of hydrogen-bond donors (Lipinski definition) is 2. The molecule has 1 aromatic heterocycles. The van der Waals surface area contributed by atoms with Gasteiger partial charge in [0.15, 0.2) is 5.82 Å². The van der Waals surface area contributed by atoms with E-state index >= 15 is 0 Å². The van der Waals surface area contributed by atoms with E-state index in [1.165, 1.54) is 0 Å². The second-order valence-electron chi connectivity index (χ2n) is 7.88. The lowest BCUT2D eigenvalue weighted by Crippen LogP contribution is -2.35. The third kappa shape index (κ3) is 3.13. The Balaban J connectivity index is 1.71.